The molecular formula is C28H38N5O+. The molecule has 1 aromatic carbocycles. The monoisotopic (exact) mass is 460 g/mol. The van der Waals surface area contributed by atoms with Crippen LogP contribution in [0, 0.1) is 20.8 Å². The minimum absolute atomic E-state index is 0.0355. The Morgan fingerprint density at radius 2 is 1.94 bits per heavy atom. The largest absolute Gasteiger partial charge is 0.355 e. The van der Waals surface area contributed by atoms with Gasteiger partial charge in [-0.1, -0.05) is 37.1 Å². The first-order valence-electron chi connectivity index (χ1n) is 12.6. The second-order valence-corrected chi connectivity index (χ2v) is 9.63. The van der Waals surface area contributed by atoms with Crippen LogP contribution >= 0.6 is 0 Å². The smallest absolute Gasteiger partial charge is 0.249 e. The molecule has 6 nitrogen and oxygen atoms in total. The number of nitrogens with zero attached hydrogens (tertiary/aromatic N) is 4. The number of pyridine rings is 1. The van der Waals surface area contributed by atoms with Crippen LogP contribution in [0.15, 0.2) is 49.1 Å². The first-order chi connectivity index (χ1) is 16.4. The molecule has 0 saturated carbocycles. The number of likely N-dealkylation sites (tertiary alicyclic amines) is 1. The Morgan fingerprint density at radius 3 is 2.71 bits per heavy atom. The molecule has 1 N–H and O–H groups in total. The van der Waals surface area contributed by atoms with Crippen LogP contribution in [0.3, 0.4) is 0 Å². The summed E-state index contributed by atoms with van der Waals surface area (Å²) in [5.41, 5.74) is 7.14. The van der Waals surface area contributed by atoms with E-state index in [9.17, 15) is 4.79 Å². The molecule has 1 atom stereocenters. The van der Waals surface area contributed by atoms with Crippen molar-refractivity contribution in [1.29, 1.82) is 0 Å². The molecule has 34 heavy (non-hydrogen) atoms. The van der Waals surface area contributed by atoms with E-state index in [2.05, 4.69) is 96.1 Å². The molecule has 1 fully saturated rings. The predicted molar refractivity (Wildman–Crippen MR) is 135 cm³/mol. The van der Waals surface area contributed by atoms with Gasteiger partial charge < -0.3 is 5.32 Å². The summed E-state index contributed by atoms with van der Waals surface area (Å²) in [6.07, 6.45) is 10.5. The van der Waals surface area contributed by atoms with E-state index in [1.54, 1.807) is 0 Å². The minimum atomic E-state index is -0.0355. The summed E-state index contributed by atoms with van der Waals surface area (Å²) in [4.78, 5) is 19.8. The number of hydrogen-bond donors (Lipinski definition) is 1. The Kier molecular flexibility index (Phi) is 7.78. The van der Waals surface area contributed by atoms with Gasteiger partial charge in [0.1, 0.15) is 24.6 Å². The molecule has 180 valence electrons. The molecule has 6 heteroatoms. The number of aromatic nitrogens is 3. The number of unbranched alkanes of at least 4 members (excludes halogenated alkanes) is 1. The van der Waals surface area contributed by atoms with Crippen molar-refractivity contribution in [3.05, 3.63) is 77.1 Å². The third-order valence-electron chi connectivity index (χ3n) is 6.66. The van der Waals surface area contributed by atoms with Gasteiger partial charge in [0.25, 0.3) is 0 Å². The van der Waals surface area contributed by atoms with Gasteiger partial charge in [-0.05, 0) is 69.8 Å². The summed E-state index contributed by atoms with van der Waals surface area (Å²) in [7, 11) is 0. The van der Waals surface area contributed by atoms with E-state index in [1.165, 1.54) is 22.4 Å². The number of amides is 1. The third-order valence-corrected chi connectivity index (χ3v) is 6.66. The normalized spacial score (nSPS) is 16.2. The third kappa shape index (κ3) is 5.73. The summed E-state index contributed by atoms with van der Waals surface area (Å²) < 4.78 is 4.37. The van der Waals surface area contributed by atoms with Crippen LogP contribution in [0.2, 0.25) is 0 Å². The highest BCUT2D eigenvalue weighted by Crippen LogP contribution is 2.21. The number of imidazole rings is 1. The Morgan fingerprint density at radius 1 is 1.18 bits per heavy atom. The quantitative estimate of drug-likeness (QED) is 0.388. The number of carbonyl (C=O) groups is 1. The van der Waals surface area contributed by atoms with E-state index in [0.717, 1.165) is 50.2 Å². The SMILES string of the molecule is CCCCNC(=O)[C@@H]1CCCN1Cc1cccc(C[n+]2ccn(-c3c(C)cc(C)cc3C)c2)n1. The molecule has 1 saturated heterocycles. The lowest BCUT2D eigenvalue weighted by Gasteiger charge is -2.23. The van der Waals surface area contributed by atoms with Gasteiger partial charge in [0.2, 0.25) is 12.2 Å². The van der Waals surface area contributed by atoms with E-state index < -0.39 is 0 Å². The van der Waals surface area contributed by atoms with Crippen molar-refractivity contribution in [3.8, 4) is 5.69 Å². The van der Waals surface area contributed by atoms with Crippen LogP contribution in [0.1, 0.15) is 60.7 Å². The van der Waals surface area contributed by atoms with Gasteiger partial charge in [0.15, 0.2) is 0 Å². The summed E-state index contributed by atoms with van der Waals surface area (Å²) in [6, 6.07) is 10.7. The molecule has 1 amide bonds. The molecule has 0 aliphatic carbocycles. The second-order valence-electron chi connectivity index (χ2n) is 9.63. The number of carbonyl (C=O) groups excluding carboxylic acids is 1. The average Bonchev–Trinajstić information content (AvgIpc) is 3.43. The van der Waals surface area contributed by atoms with Gasteiger partial charge in [-0.2, -0.15) is 0 Å². The molecule has 3 heterocycles. The van der Waals surface area contributed by atoms with Crippen LogP contribution < -0.4 is 9.88 Å². The van der Waals surface area contributed by atoms with E-state index >= 15 is 0 Å². The molecule has 0 unspecified atom stereocenters. The molecule has 4 rings (SSSR count). The van der Waals surface area contributed by atoms with E-state index in [-0.39, 0.29) is 11.9 Å². The van der Waals surface area contributed by atoms with Crippen LogP contribution in [0.5, 0.6) is 0 Å². The Balaban J connectivity index is 1.42. The maximum Gasteiger partial charge on any atom is 0.249 e. The van der Waals surface area contributed by atoms with Crippen molar-refractivity contribution in [3.63, 3.8) is 0 Å². The lowest BCUT2D eigenvalue weighted by Crippen LogP contribution is -2.43. The van der Waals surface area contributed by atoms with E-state index in [0.29, 0.717) is 13.1 Å². The van der Waals surface area contributed by atoms with Gasteiger partial charge in [0.05, 0.1) is 17.4 Å². The molecule has 0 spiro atoms. The Hall–Kier alpha value is -2.99. The number of benzene rings is 1. The predicted octanol–water partition coefficient (Wildman–Crippen LogP) is 4.01. The van der Waals surface area contributed by atoms with Gasteiger partial charge in [-0.15, -0.1) is 0 Å². The van der Waals surface area contributed by atoms with Crippen LogP contribution in [0.25, 0.3) is 5.69 Å². The van der Waals surface area contributed by atoms with Gasteiger partial charge in [-0.25, -0.2) is 9.13 Å². The lowest BCUT2D eigenvalue weighted by atomic mass is 10.1. The van der Waals surface area contributed by atoms with Gasteiger partial charge in [0, 0.05) is 13.1 Å². The second kappa shape index (κ2) is 11.0. The first kappa shape index (κ1) is 24.1. The molecule has 3 aromatic rings. The summed E-state index contributed by atoms with van der Waals surface area (Å²) in [5, 5.41) is 3.11. The van der Waals surface area contributed by atoms with E-state index in [4.69, 9.17) is 4.98 Å². The fraction of sp³-hybridized carbons (Fsp3) is 0.464. The minimum Gasteiger partial charge on any atom is -0.355 e. The molecule has 2 aromatic heterocycles. The van der Waals surface area contributed by atoms with Crippen LogP contribution in [-0.4, -0.2) is 39.5 Å². The first-order valence-corrected chi connectivity index (χ1v) is 12.6. The zero-order chi connectivity index (χ0) is 24.1. The zero-order valence-electron chi connectivity index (χ0n) is 21.1. The fourth-order valence-corrected chi connectivity index (χ4v) is 5.12. The maximum atomic E-state index is 12.6. The average molecular weight is 461 g/mol. The van der Waals surface area contributed by atoms with Crippen molar-refractivity contribution < 1.29 is 9.36 Å². The topological polar surface area (TPSA) is 54.0 Å². The number of rotatable bonds is 9. The highest BCUT2D eigenvalue weighted by molar-refractivity contribution is 5.82. The molecule has 1 aliphatic rings. The highest BCUT2D eigenvalue weighted by atomic mass is 16.2. The number of hydrogen-bond acceptors (Lipinski definition) is 3. The standard InChI is InChI=1S/C28H37N5O/c1-5-6-12-29-28(34)26-11-8-13-32(26)19-25-10-7-9-24(30-25)18-31-14-15-33(20-31)27-22(3)16-21(2)17-23(27)4/h7,9-10,14-17,20,26H,5-6,8,11-13,18-19H2,1-4H3/p+1/t26-/m0/s1. The zero-order valence-corrected chi connectivity index (χ0v) is 21.1. The van der Waals surface area contributed by atoms with Gasteiger partial charge in [-0.3, -0.25) is 14.7 Å². The van der Waals surface area contributed by atoms with Crippen molar-refractivity contribution >= 4 is 5.91 Å². The summed E-state index contributed by atoms with van der Waals surface area (Å²) in [6.45, 7) is 11.8. The maximum absolute atomic E-state index is 12.6. The number of nitrogens with one attached hydrogen (secondary N) is 1. The molecular weight excluding hydrogens is 422 g/mol. The van der Waals surface area contributed by atoms with E-state index in [1.807, 2.05) is 0 Å². The molecule has 0 bridgehead atoms. The summed E-state index contributed by atoms with van der Waals surface area (Å²) in [5.74, 6) is 0.167. The Labute approximate surface area is 203 Å². The van der Waals surface area contributed by atoms with Crippen LogP contribution in [-0.2, 0) is 17.9 Å². The molecule has 0 radical (unpaired) electrons. The molecule has 1 aliphatic heterocycles. The van der Waals surface area contributed by atoms with Crippen molar-refractivity contribution in [2.45, 2.75) is 72.5 Å². The van der Waals surface area contributed by atoms with Gasteiger partial charge >= 0.3 is 0 Å². The lowest BCUT2D eigenvalue weighted by molar-refractivity contribution is -0.688. The summed E-state index contributed by atoms with van der Waals surface area (Å²) >= 11 is 0. The van der Waals surface area contributed by atoms with Crippen molar-refractivity contribution in [2.75, 3.05) is 13.1 Å². The number of aryl methyl sites for hydroxylation is 3. The van der Waals surface area contributed by atoms with Crippen molar-refractivity contribution in [2.24, 2.45) is 0 Å². The fourth-order valence-electron chi connectivity index (χ4n) is 5.12. The van der Waals surface area contributed by atoms with Crippen LogP contribution in [0.4, 0.5) is 0 Å². The Bertz CT molecular complexity index is 1110. The van der Waals surface area contributed by atoms with Crippen molar-refractivity contribution in [1.82, 2.24) is 19.8 Å². The highest BCUT2D eigenvalue weighted by Gasteiger charge is 2.30.